The fraction of sp³-hybridized carbons (Fsp3) is 0.154. The van der Waals surface area contributed by atoms with Crippen LogP contribution in [0.15, 0.2) is 28.9 Å². The van der Waals surface area contributed by atoms with Gasteiger partial charge in [-0.3, -0.25) is 0 Å². The lowest BCUT2D eigenvalue weighted by atomic mass is 10.1. The summed E-state index contributed by atoms with van der Waals surface area (Å²) in [5.41, 5.74) is -0.249. The molecule has 0 saturated carbocycles. The van der Waals surface area contributed by atoms with Crippen molar-refractivity contribution >= 4 is 34.7 Å². The molecule has 0 fully saturated rings. The summed E-state index contributed by atoms with van der Waals surface area (Å²) in [7, 11) is 0. The second kappa shape index (κ2) is 5.94. The van der Waals surface area contributed by atoms with E-state index in [4.69, 9.17) is 4.42 Å². The molecule has 0 spiro atoms. The number of aromatic nitrogens is 1. The van der Waals surface area contributed by atoms with Crippen molar-refractivity contribution in [2.45, 2.75) is 10.6 Å². The third-order valence-electron chi connectivity index (χ3n) is 2.44. The van der Waals surface area contributed by atoms with Crippen LogP contribution < -0.4 is 0 Å². The zero-order valence-electron chi connectivity index (χ0n) is 9.92. The van der Waals surface area contributed by atoms with Crippen molar-refractivity contribution in [1.82, 2.24) is 4.98 Å². The topological polar surface area (TPSA) is 26.0 Å². The number of benzene rings is 1. The number of hydrogen-bond donors (Lipinski definition) is 0. The van der Waals surface area contributed by atoms with Crippen LogP contribution in [-0.4, -0.2) is 4.98 Å². The van der Waals surface area contributed by atoms with Crippen LogP contribution in [0.5, 0.6) is 0 Å². The maximum Gasteiger partial charge on any atom is 0.416 e. The van der Waals surface area contributed by atoms with Crippen LogP contribution in [0.3, 0.4) is 0 Å². The van der Waals surface area contributed by atoms with Crippen LogP contribution in [0, 0.1) is 5.82 Å². The van der Waals surface area contributed by atoms with Crippen molar-refractivity contribution in [3.05, 3.63) is 53.0 Å². The third-order valence-corrected chi connectivity index (χ3v) is 3.22. The molecule has 1 aromatic carbocycles. The van der Waals surface area contributed by atoms with E-state index in [2.05, 4.69) is 27.6 Å². The van der Waals surface area contributed by atoms with Crippen LogP contribution in [0.1, 0.15) is 22.7 Å². The predicted molar refractivity (Wildman–Crippen MR) is 74.6 cm³/mol. The summed E-state index contributed by atoms with van der Waals surface area (Å²) >= 11 is 2.11. The van der Waals surface area contributed by atoms with Gasteiger partial charge in [0.15, 0.2) is 0 Å². The quantitative estimate of drug-likeness (QED) is 0.417. The van der Waals surface area contributed by atoms with E-state index in [0.717, 1.165) is 17.8 Å². The number of alkyl halides is 4. The maximum atomic E-state index is 13.6. The molecule has 0 saturated heterocycles. The molecule has 2 nitrogen and oxygen atoms in total. The summed E-state index contributed by atoms with van der Waals surface area (Å²) < 4.78 is 56.5. The number of nitrogens with zero attached hydrogens (tertiary/aromatic N) is 1. The summed E-state index contributed by atoms with van der Waals surface area (Å²) in [6.07, 6.45) is -0.365. The zero-order valence-corrected chi connectivity index (χ0v) is 12.1. The van der Waals surface area contributed by atoms with Gasteiger partial charge >= 0.3 is 6.18 Å². The third kappa shape index (κ3) is 3.59. The van der Waals surface area contributed by atoms with Crippen molar-refractivity contribution in [3.63, 3.8) is 0 Å². The first-order chi connectivity index (χ1) is 9.40. The SMILES string of the molecule is Fc1cc(C(F)(F)F)ccc1/C=C/c1nc(CI)co1. The van der Waals surface area contributed by atoms with E-state index in [1.807, 2.05) is 0 Å². The van der Waals surface area contributed by atoms with Gasteiger partial charge in [0.25, 0.3) is 0 Å². The standard InChI is InChI=1S/C13H8F4INO/c14-11-5-9(13(15,16)17)3-1-8(11)2-4-12-19-10(6-18)7-20-12/h1-5,7H,6H2/b4-2+. The lowest BCUT2D eigenvalue weighted by molar-refractivity contribution is -0.137. The van der Waals surface area contributed by atoms with Gasteiger partial charge in [-0.05, 0) is 18.2 Å². The van der Waals surface area contributed by atoms with Crippen molar-refractivity contribution in [2.75, 3.05) is 0 Å². The second-order valence-electron chi connectivity index (χ2n) is 3.88. The maximum absolute atomic E-state index is 13.6. The van der Waals surface area contributed by atoms with Gasteiger partial charge in [0.1, 0.15) is 12.1 Å². The molecule has 2 rings (SSSR count). The first-order valence-electron chi connectivity index (χ1n) is 5.45. The number of oxazole rings is 1. The Balaban J connectivity index is 2.21. The summed E-state index contributed by atoms with van der Waals surface area (Å²) in [5, 5.41) is 0. The molecule has 20 heavy (non-hydrogen) atoms. The highest BCUT2D eigenvalue weighted by atomic mass is 127. The molecule has 0 unspecified atom stereocenters. The van der Waals surface area contributed by atoms with Crippen LogP contribution >= 0.6 is 22.6 Å². The van der Waals surface area contributed by atoms with Gasteiger partial charge in [-0.15, -0.1) is 0 Å². The Hall–Kier alpha value is -1.38. The van der Waals surface area contributed by atoms with Crippen LogP contribution in [0.4, 0.5) is 17.6 Å². The van der Waals surface area contributed by atoms with Gasteiger partial charge in [-0.1, -0.05) is 28.7 Å². The van der Waals surface area contributed by atoms with Crippen LogP contribution in [0.2, 0.25) is 0 Å². The minimum absolute atomic E-state index is 0.0345. The Morgan fingerprint density at radius 3 is 2.55 bits per heavy atom. The average molecular weight is 397 g/mol. The summed E-state index contributed by atoms with van der Waals surface area (Å²) in [4.78, 5) is 4.07. The number of rotatable bonds is 3. The molecule has 0 aliphatic heterocycles. The molecule has 0 bridgehead atoms. The van der Waals surface area contributed by atoms with E-state index in [1.165, 1.54) is 18.4 Å². The Kier molecular flexibility index (Phi) is 4.46. The minimum atomic E-state index is -4.55. The highest BCUT2D eigenvalue weighted by Crippen LogP contribution is 2.30. The summed E-state index contributed by atoms with van der Waals surface area (Å²) in [5.74, 6) is -0.673. The van der Waals surface area contributed by atoms with Gasteiger partial charge in [0, 0.05) is 16.1 Å². The molecule has 1 aromatic heterocycles. The van der Waals surface area contributed by atoms with Crippen molar-refractivity contribution in [3.8, 4) is 0 Å². The molecule has 0 atom stereocenters. The molecule has 0 amide bonds. The fourth-order valence-electron chi connectivity index (χ4n) is 1.46. The van der Waals surface area contributed by atoms with E-state index in [-0.39, 0.29) is 11.5 Å². The molecule has 0 aliphatic carbocycles. The van der Waals surface area contributed by atoms with E-state index in [9.17, 15) is 17.6 Å². The highest BCUT2D eigenvalue weighted by molar-refractivity contribution is 14.1. The first-order valence-corrected chi connectivity index (χ1v) is 6.98. The minimum Gasteiger partial charge on any atom is -0.445 e. The van der Waals surface area contributed by atoms with E-state index < -0.39 is 17.6 Å². The molecule has 0 N–H and O–H groups in total. The number of hydrogen-bond acceptors (Lipinski definition) is 2. The van der Waals surface area contributed by atoms with E-state index >= 15 is 0 Å². The Morgan fingerprint density at radius 2 is 2.00 bits per heavy atom. The second-order valence-corrected chi connectivity index (χ2v) is 4.64. The molecule has 106 valence electrons. The van der Waals surface area contributed by atoms with Crippen molar-refractivity contribution < 1.29 is 22.0 Å². The smallest absolute Gasteiger partial charge is 0.416 e. The predicted octanol–water partition coefficient (Wildman–Crippen LogP) is 4.94. The van der Waals surface area contributed by atoms with Crippen LogP contribution in [0.25, 0.3) is 12.2 Å². The molecule has 1 heterocycles. The number of halogens is 5. The lowest BCUT2D eigenvalue weighted by Gasteiger charge is -2.07. The Labute approximate surface area is 125 Å². The van der Waals surface area contributed by atoms with E-state index in [1.54, 1.807) is 0 Å². The fourth-order valence-corrected chi connectivity index (χ4v) is 1.81. The molecular weight excluding hydrogens is 389 g/mol. The van der Waals surface area contributed by atoms with Gasteiger partial charge < -0.3 is 4.42 Å². The average Bonchev–Trinajstić information content (AvgIpc) is 2.84. The van der Waals surface area contributed by atoms with Crippen molar-refractivity contribution in [1.29, 1.82) is 0 Å². The first kappa shape index (κ1) is 15.0. The van der Waals surface area contributed by atoms with Gasteiger partial charge in [-0.25, -0.2) is 9.37 Å². The molecular formula is C13H8F4INO. The molecule has 0 radical (unpaired) electrons. The Morgan fingerprint density at radius 1 is 1.25 bits per heavy atom. The highest BCUT2D eigenvalue weighted by Gasteiger charge is 2.30. The summed E-state index contributed by atoms with van der Waals surface area (Å²) in [6.45, 7) is 0. The zero-order chi connectivity index (χ0) is 14.8. The Bertz CT molecular complexity index is 634. The molecule has 7 heteroatoms. The normalized spacial score (nSPS) is 12.2. The summed E-state index contributed by atoms with van der Waals surface area (Å²) in [6, 6.07) is 2.36. The monoisotopic (exact) mass is 397 g/mol. The van der Waals surface area contributed by atoms with Gasteiger partial charge in [0.05, 0.1) is 11.3 Å². The van der Waals surface area contributed by atoms with Crippen molar-refractivity contribution in [2.24, 2.45) is 0 Å². The van der Waals surface area contributed by atoms with Gasteiger partial charge in [-0.2, -0.15) is 13.2 Å². The van der Waals surface area contributed by atoms with Gasteiger partial charge in [0.2, 0.25) is 5.89 Å². The largest absolute Gasteiger partial charge is 0.445 e. The lowest BCUT2D eigenvalue weighted by Crippen LogP contribution is -2.05. The molecule has 2 aromatic rings. The molecule has 0 aliphatic rings. The van der Waals surface area contributed by atoms with E-state index in [0.29, 0.717) is 10.5 Å². The van der Waals surface area contributed by atoms with Crippen LogP contribution in [-0.2, 0) is 10.6 Å².